The molecule has 0 N–H and O–H groups in total. The maximum atomic E-state index is 11.4. The van der Waals surface area contributed by atoms with Gasteiger partial charge >= 0.3 is 11.9 Å². The van der Waals surface area contributed by atoms with Crippen LogP contribution in [0, 0.1) is 0 Å². The van der Waals surface area contributed by atoms with Crippen LogP contribution in [0.3, 0.4) is 0 Å². The Morgan fingerprint density at radius 1 is 1.12 bits per heavy atom. The Bertz CT molecular complexity index is 251. The Morgan fingerprint density at radius 3 is 2.06 bits per heavy atom. The molecule has 0 saturated carbocycles. The fourth-order valence-electron chi connectivity index (χ4n) is 1.05. The molecule has 0 aromatic rings. The zero-order chi connectivity index (χ0) is 12.7. The summed E-state index contributed by atoms with van der Waals surface area (Å²) >= 11 is 0. The number of hydrogen-bond donors (Lipinski definition) is 0. The van der Waals surface area contributed by atoms with Gasteiger partial charge < -0.3 is 9.47 Å². The number of carbonyl (C=O) groups excluding carboxylic acids is 2. The zero-order valence-electron chi connectivity index (χ0n) is 9.81. The van der Waals surface area contributed by atoms with E-state index in [1.165, 1.54) is 20.8 Å². The van der Waals surface area contributed by atoms with Gasteiger partial charge in [0.2, 0.25) is 6.29 Å². The average Bonchev–Trinajstić information content (AvgIpc) is 1.97. The van der Waals surface area contributed by atoms with Gasteiger partial charge in [0.05, 0.1) is 6.16 Å². The first-order valence-corrected chi connectivity index (χ1v) is 6.37. The van der Waals surface area contributed by atoms with Gasteiger partial charge in [0.25, 0.3) is 0 Å². The molecule has 16 heavy (non-hydrogen) atoms. The van der Waals surface area contributed by atoms with Crippen LogP contribution in [0.25, 0.3) is 0 Å². The predicted molar refractivity (Wildman–Crippen MR) is 57.4 cm³/mol. The second kappa shape index (κ2) is 7.41. The summed E-state index contributed by atoms with van der Waals surface area (Å²) in [4.78, 5) is 21.1. The fourth-order valence-corrected chi connectivity index (χ4v) is 2.12. The van der Waals surface area contributed by atoms with Gasteiger partial charge in [-0.25, -0.2) is 0 Å². The standard InChI is InChI=1S/C9H17O6P/c1-6(13-7(2)10)5-16(12)15-9(4)14-8(3)11/h6,9,16H,5H2,1-4H3. The Labute approximate surface area is 95.1 Å². The van der Waals surface area contributed by atoms with E-state index < -0.39 is 32.4 Å². The molecule has 6 nitrogen and oxygen atoms in total. The molecule has 0 fully saturated rings. The highest BCUT2D eigenvalue weighted by Crippen LogP contribution is 2.26. The Kier molecular flexibility index (Phi) is 7.01. The first-order valence-electron chi connectivity index (χ1n) is 4.85. The van der Waals surface area contributed by atoms with Crippen LogP contribution < -0.4 is 0 Å². The van der Waals surface area contributed by atoms with E-state index in [2.05, 4.69) is 4.74 Å². The van der Waals surface area contributed by atoms with E-state index in [9.17, 15) is 14.2 Å². The third kappa shape index (κ3) is 8.44. The fraction of sp³-hybridized carbons (Fsp3) is 0.778. The van der Waals surface area contributed by atoms with Crippen molar-refractivity contribution in [2.75, 3.05) is 6.16 Å². The first-order chi connectivity index (χ1) is 7.31. The maximum Gasteiger partial charge on any atom is 0.304 e. The van der Waals surface area contributed by atoms with Crippen LogP contribution in [0.1, 0.15) is 27.7 Å². The van der Waals surface area contributed by atoms with E-state index >= 15 is 0 Å². The molecule has 0 saturated heterocycles. The van der Waals surface area contributed by atoms with Crippen LogP contribution in [0.5, 0.6) is 0 Å². The molecule has 94 valence electrons. The summed E-state index contributed by atoms with van der Waals surface area (Å²) in [5.74, 6) is -0.939. The summed E-state index contributed by atoms with van der Waals surface area (Å²) in [5, 5.41) is 0. The van der Waals surface area contributed by atoms with Gasteiger partial charge in [0, 0.05) is 13.8 Å². The van der Waals surface area contributed by atoms with E-state index in [1.54, 1.807) is 6.92 Å². The first kappa shape index (κ1) is 15.1. The minimum absolute atomic E-state index is 0.107. The van der Waals surface area contributed by atoms with Gasteiger partial charge in [-0.15, -0.1) is 0 Å². The summed E-state index contributed by atoms with van der Waals surface area (Å²) in [7, 11) is -2.38. The summed E-state index contributed by atoms with van der Waals surface area (Å²) in [6.07, 6.45) is -1.22. The van der Waals surface area contributed by atoms with Crippen molar-refractivity contribution in [3.05, 3.63) is 0 Å². The average molecular weight is 252 g/mol. The molecule has 0 heterocycles. The van der Waals surface area contributed by atoms with Crippen molar-refractivity contribution in [3.63, 3.8) is 0 Å². The van der Waals surface area contributed by atoms with Crippen molar-refractivity contribution < 1.29 is 28.2 Å². The van der Waals surface area contributed by atoms with Crippen molar-refractivity contribution in [3.8, 4) is 0 Å². The molecular weight excluding hydrogens is 235 g/mol. The molecule has 0 aliphatic carbocycles. The van der Waals surface area contributed by atoms with E-state index in [0.717, 1.165) is 0 Å². The highest BCUT2D eigenvalue weighted by molar-refractivity contribution is 7.39. The molecule has 0 aliphatic heterocycles. The van der Waals surface area contributed by atoms with Gasteiger partial charge in [-0.3, -0.25) is 18.7 Å². The Hall–Kier alpha value is -0.870. The van der Waals surface area contributed by atoms with Crippen LogP contribution in [-0.4, -0.2) is 30.5 Å². The third-order valence-electron chi connectivity index (χ3n) is 1.45. The molecule has 3 unspecified atom stereocenters. The molecule has 0 radical (unpaired) electrons. The summed E-state index contributed by atoms with van der Waals surface area (Å²) in [6.45, 7) is 5.60. The van der Waals surface area contributed by atoms with Gasteiger partial charge in [-0.05, 0) is 13.8 Å². The quantitative estimate of drug-likeness (QED) is 0.403. The molecule has 0 spiro atoms. The van der Waals surface area contributed by atoms with Crippen molar-refractivity contribution >= 4 is 20.0 Å². The summed E-state index contributed by atoms with van der Waals surface area (Å²) < 4.78 is 25.8. The number of hydrogen-bond acceptors (Lipinski definition) is 6. The second-order valence-electron chi connectivity index (χ2n) is 3.29. The lowest BCUT2D eigenvalue weighted by molar-refractivity contribution is -0.157. The molecule has 7 heteroatoms. The molecule has 0 aromatic heterocycles. The van der Waals surface area contributed by atoms with Gasteiger partial charge in [-0.2, -0.15) is 0 Å². The van der Waals surface area contributed by atoms with Gasteiger partial charge in [-0.1, -0.05) is 0 Å². The molecule has 0 amide bonds. The second-order valence-corrected chi connectivity index (χ2v) is 4.68. The largest absolute Gasteiger partial charge is 0.462 e. The zero-order valence-corrected chi connectivity index (χ0v) is 10.8. The van der Waals surface area contributed by atoms with Crippen molar-refractivity contribution in [2.24, 2.45) is 0 Å². The topological polar surface area (TPSA) is 78.9 Å². The summed E-state index contributed by atoms with van der Waals surface area (Å²) in [6, 6.07) is 0. The van der Waals surface area contributed by atoms with Crippen molar-refractivity contribution in [2.45, 2.75) is 40.1 Å². The highest BCUT2D eigenvalue weighted by Gasteiger charge is 2.14. The van der Waals surface area contributed by atoms with E-state index in [0.29, 0.717) is 0 Å². The third-order valence-corrected chi connectivity index (χ3v) is 2.95. The minimum atomic E-state index is -2.38. The molecule has 3 atom stereocenters. The highest BCUT2D eigenvalue weighted by atomic mass is 31.1. The van der Waals surface area contributed by atoms with Crippen LogP contribution >= 0.6 is 8.03 Å². The SMILES string of the molecule is CC(=O)OC(C)C[PH](=O)OC(C)OC(C)=O. The van der Waals surface area contributed by atoms with Crippen LogP contribution in [-0.2, 0) is 28.2 Å². The van der Waals surface area contributed by atoms with Crippen LogP contribution in [0.4, 0.5) is 0 Å². The predicted octanol–water partition coefficient (Wildman–Crippen LogP) is 1.34. The minimum Gasteiger partial charge on any atom is -0.462 e. The van der Waals surface area contributed by atoms with Gasteiger partial charge in [0.1, 0.15) is 6.10 Å². The lowest BCUT2D eigenvalue weighted by atomic mass is 10.5. The van der Waals surface area contributed by atoms with E-state index in [4.69, 9.17) is 9.26 Å². The van der Waals surface area contributed by atoms with Crippen molar-refractivity contribution in [1.29, 1.82) is 0 Å². The van der Waals surface area contributed by atoms with Crippen LogP contribution in [0.15, 0.2) is 0 Å². The Balaban J connectivity index is 3.89. The smallest absolute Gasteiger partial charge is 0.304 e. The number of rotatable bonds is 6. The van der Waals surface area contributed by atoms with E-state index in [-0.39, 0.29) is 6.16 Å². The lowest BCUT2D eigenvalue weighted by Crippen LogP contribution is -2.17. The molecule has 0 bridgehead atoms. The molecule has 0 rings (SSSR count). The Morgan fingerprint density at radius 2 is 1.62 bits per heavy atom. The maximum absolute atomic E-state index is 11.4. The van der Waals surface area contributed by atoms with Crippen molar-refractivity contribution in [1.82, 2.24) is 0 Å². The molecular formula is C9H17O6P. The summed E-state index contributed by atoms with van der Waals surface area (Å²) in [5.41, 5.74) is 0. The number of carbonyl (C=O) groups is 2. The normalized spacial score (nSPS) is 16.0. The monoisotopic (exact) mass is 252 g/mol. The van der Waals surface area contributed by atoms with Gasteiger partial charge in [0.15, 0.2) is 8.03 Å². The molecule has 0 aromatic carbocycles. The molecule has 0 aliphatic rings. The number of esters is 2. The lowest BCUT2D eigenvalue weighted by Gasteiger charge is -2.15. The van der Waals surface area contributed by atoms with E-state index in [1.807, 2.05) is 0 Å². The van der Waals surface area contributed by atoms with Crippen LogP contribution in [0.2, 0.25) is 0 Å². The number of ether oxygens (including phenoxy) is 2.